The van der Waals surface area contributed by atoms with Crippen LogP contribution in [-0.4, -0.2) is 10.4 Å². The summed E-state index contributed by atoms with van der Waals surface area (Å²) < 4.78 is 14.8. The van der Waals surface area contributed by atoms with E-state index >= 15 is 0 Å². The van der Waals surface area contributed by atoms with Gasteiger partial charge < -0.3 is 10.3 Å². The molecule has 0 spiro atoms. The molecule has 2 aromatic rings. The average molecular weight is 260 g/mol. The van der Waals surface area contributed by atoms with Crippen LogP contribution in [0, 0.1) is 12.7 Å². The Balaban J connectivity index is 2.46. The highest BCUT2D eigenvalue weighted by Crippen LogP contribution is 2.22. The SMILES string of the molecule is CCCn1c(C)cc(N)c1C(=O)c1ccc(F)cc1. The largest absolute Gasteiger partial charge is 0.397 e. The highest BCUT2D eigenvalue weighted by molar-refractivity contribution is 6.11. The molecule has 0 aliphatic heterocycles. The molecule has 0 atom stereocenters. The van der Waals surface area contributed by atoms with E-state index in [1.165, 1.54) is 24.3 Å². The van der Waals surface area contributed by atoms with Gasteiger partial charge in [-0.1, -0.05) is 6.92 Å². The molecule has 1 aromatic carbocycles. The number of rotatable bonds is 4. The number of aryl methyl sites for hydroxylation is 1. The van der Waals surface area contributed by atoms with Gasteiger partial charge in [0.25, 0.3) is 0 Å². The van der Waals surface area contributed by atoms with Gasteiger partial charge in [0.2, 0.25) is 5.78 Å². The monoisotopic (exact) mass is 260 g/mol. The van der Waals surface area contributed by atoms with Crippen molar-refractivity contribution < 1.29 is 9.18 Å². The van der Waals surface area contributed by atoms with Crippen LogP contribution in [0.1, 0.15) is 35.1 Å². The number of carbonyl (C=O) groups excluding carboxylic acids is 1. The molecule has 4 heteroatoms. The Morgan fingerprint density at radius 1 is 1.32 bits per heavy atom. The maximum atomic E-state index is 12.9. The number of nitrogen functional groups attached to an aromatic ring is 1. The minimum Gasteiger partial charge on any atom is -0.397 e. The van der Waals surface area contributed by atoms with Crippen molar-refractivity contribution in [2.24, 2.45) is 0 Å². The summed E-state index contributed by atoms with van der Waals surface area (Å²) in [6.07, 6.45) is 0.915. The maximum Gasteiger partial charge on any atom is 0.211 e. The summed E-state index contributed by atoms with van der Waals surface area (Å²) in [5.74, 6) is -0.524. The number of benzene rings is 1. The lowest BCUT2D eigenvalue weighted by Crippen LogP contribution is -2.13. The molecule has 0 aliphatic rings. The molecule has 0 radical (unpaired) electrons. The molecule has 3 nitrogen and oxygen atoms in total. The molecule has 100 valence electrons. The molecule has 0 bridgehead atoms. The van der Waals surface area contributed by atoms with Gasteiger partial charge in [-0.3, -0.25) is 4.79 Å². The molecule has 0 amide bonds. The van der Waals surface area contributed by atoms with E-state index in [9.17, 15) is 9.18 Å². The van der Waals surface area contributed by atoms with Gasteiger partial charge in [0, 0.05) is 17.8 Å². The zero-order valence-electron chi connectivity index (χ0n) is 11.1. The molecule has 1 aromatic heterocycles. The molecule has 2 rings (SSSR count). The molecule has 1 heterocycles. The van der Waals surface area contributed by atoms with E-state index in [2.05, 4.69) is 0 Å². The average Bonchev–Trinajstić information content (AvgIpc) is 2.65. The first-order chi connectivity index (χ1) is 9.04. The molecule has 19 heavy (non-hydrogen) atoms. The summed E-state index contributed by atoms with van der Waals surface area (Å²) in [6.45, 7) is 4.71. The molecule has 0 fully saturated rings. The van der Waals surface area contributed by atoms with E-state index < -0.39 is 0 Å². The van der Waals surface area contributed by atoms with Crippen molar-refractivity contribution in [3.8, 4) is 0 Å². The second-order valence-corrected chi connectivity index (χ2v) is 4.58. The predicted octanol–water partition coefficient (Wildman–Crippen LogP) is 3.16. The predicted molar refractivity (Wildman–Crippen MR) is 73.7 cm³/mol. The van der Waals surface area contributed by atoms with Crippen molar-refractivity contribution in [3.05, 3.63) is 53.1 Å². The lowest BCUT2D eigenvalue weighted by Gasteiger charge is -2.10. The Kier molecular flexibility index (Phi) is 3.69. The van der Waals surface area contributed by atoms with E-state index in [1.54, 1.807) is 6.07 Å². The Morgan fingerprint density at radius 2 is 1.95 bits per heavy atom. The van der Waals surface area contributed by atoms with Gasteiger partial charge in [-0.25, -0.2) is 4.39 Å². The Morgan fingerprint density at radius 3 is 2.53 bits per heavy atom. The summed E-state index contributed by atoms with van der Waals surface area (Å²) in [5, 5.41) is 0. The summed E-state index contributed by atoms with van der Waals surface area (Å²) in [4.78, 5) is 12.5. The normalized spacial score (nSPS) is 10.7. The smallest absolute Gasteiger partial charge is 0.211 e. The van der Waals surface area contributed by atoms with E-state index in [0.717, 1.165) is 18.7 Å². The first kappa shape index (κ1) is 13.3. The topological polar surface area (TPSA) is 48.0 Å². The fourth-order valence-electron chi connectivity index (χ4n) is 2.21. The van der Waals surface area contributed by atoms with Gasteiger partial charge >= 0.3 is 0 Å². The van der Waals surface area contributed by atoms with Gasteiger partial charge in [-0.2, -0.15) is 0 Å². The second-order valence-electron chi connectivity index (χ2n) is 4.58. The van der Waals surface area contributed by atoms with Crippen molar-refractivity contribution in [1.82, 2.24) is 4.57 Å². The van der Waals surface area contributed by atoms with Crippen LogP contribution in [0.25, 0.3) is 0 Å². The number of ketones is 1. The van der Waals surface area contributed by atoms with Crippen LogP contribution in [0.15, 0.2) is 30.3 Å². The van der Waals surface area contributed by atoms with Crippen LogP contribution in [0.4, 0.5) is 10.1 Å². The van der Waals surface area contributed by atoms with Crippen LogP contribution in [0.5, 0.6) is 0 Å². The third-order valence-electron chi connectivity index (χ3n) is 3.10. The molecule has 0 unspecified atom stereocenters. The Labute approximate surface area is 111 Å². The van der Waals surface area contributed by atoms with Crippen molar-refractivity contribution in [1.29, 1.82) is 0 Å². The Bertz CT molecular complexity index is 599. The molecule has 0 saturated carbocycles. The minimum absolute atomic E-state index is 0.168. The minimum atomic E-state index is -0.357. The number of nitrogens with zero attached hydrogens (tertiary/aromatic N) is 1. The number of hydrogen-bond donors (Lipinski definition) is 1. The summed E-state index contributed by atoms with van der Waals surface area (Å²) in [5.41, 5.74) is 8.30. The highest BCUT2D eigenvalue weighted by Gasteiger charge is 2.19. The maximum absolute atomic E-state index is 12.9. The standard InChI is InChI=1S/C15H17FN2O/c1-3-8-18-10(2)9-13(17)14(18)15(19)11-4-6-12(16)7-5-11/h4-7,9H,3,8,17H2,1-2H3. The number of halogens is 1. The quantitative estimate of drug-likeness (QED) is 0.858. The van der Waals surface area contributed by atoms with Crippen molar-refractivity contribution in [3.63, 3.8) is 0 Å². The molecule has 2 N–H and O–H groups in total. The van der Waals surface area contributed by atoms with Gasteiger partial charge in [0.1, 0.15) is 11.5 Å². The van der Waals surface area contributed by atoms with Crippen molar-refractivity contribution in [2.75, 3.05) is 5.73 Å². The fraction of sp³-hybridized carbons (Fsp3) is 0.267. The molecule has 0 aliphatic carbocycles. The zero-order valence-corrected chi connectivity index (χ0v) is 11.1. The molecular weight excluding hydrogens is 243 g/mol. The number of hydrogen-bond acceptors (Lipinski definition) is 2. The summed E-state index contributed by atoms with van der Waals surface area (Å²) in [6, 6.07) is 7.32. The summed E-state index contributed by atoms with van der Waals surface area (Å²) in [7, 11) is 0. The van der Waals surface area contributed by atoms with E-state index in [4.69, 9.17) is 5.73 Å². The second kappa shape index (κ2) is 5.26. The van der Waals surface area contributed by atoms with Crippen LogP contribution < -0.4 is 5.73 Å². The fourth-order valence-corrected chi connectivity index (χ4v) is 2.21. The van der Waals surface area contributed by atoms with Crippen LogP contribution >= 0.6 is 0 Å². The first-order valence-electron chi connectivity index (χ1n) is 6.30. The van der Waals surface area contributed by atoms with Gasteiger partial charge in [-0.05, 0) is 43.7 Å². The van der Waals surface area contributed by atoms with E-state index in [0.29, 0.717) is 16.9 Å². The highest BCUT2D eigenvalue weighted by atomic mass is 19.1. The molecular formula is C15H17FN2O. The van der Waals surface area contributed by atoms with Crippen molar-refractivity contribution >= 4 is 11.5 Å². The number of carbonyl (C=O) groups is 1. The number of anilines is 1. The van der Waals surface area contributed by atoms with Crippen LogP contribution in [0.2, 0.25) is 0 Å². The van der Waals surface area contributed by atoms with Crippen LogP contribution in [-0.2, 0) is 6.54 Å². The Hall–Kier alpha value is -2.10. The number of aromatic nitrogens is 1. The van der Waals surface area contributed by atoms with Gasteiger partial charge in [0.05, 0.1) is 5.69 Å². The zero-order chi connectivity index (χ0) is 14.0. The lowest BCUT2D eigenvalue weighted by molar-refractivity contribution is 0.103. The number of nitrogens with two attached hydrogens (primary N) is 1. The van der Waals surface area contributed by atoms with E-state index in [-0.39, 0.29) is 11.6 Å². The van der Waals surface area contributed by atoms with Gasteiger partial charge in [-0.15, -0.1) is 0 Å². The first-order valence-corrected chi connectivity index (χ1v) is 6.30. The molecule has 0 saturated heterocycles. The summed E-state index contributed by atoms with van der Waals surface area (Å²) >= 11 is 0. The third-order valence-corrected chi connectivity index (χ3v) is 3.10. The van der Waals surface area contributed by atoms with Gasteiger partial charge in [0.15, 0.2) is 0 Å². The van der Waals surface area contributed by atoms with E-state index in [1.807, 2.05) is 18.4 Å². The van der Waals surface area contributed by atoms with Crippen LogP contribution in [0.3, 0.4) is 0 Å². The third kappa shape index (κ3) is 2.52. The van der Waals surface area contributed by atoms with Crippen molar-refractivity contribution in [2.45, 2.75) is 26.8 Å². The lowest BCUT2D eigenvalue weighted by atomic mass is 10.1.